The molecule has 7 heteroatoms. The summed E-state index contributed by atoms with van der Waals surface area (Å²) in [5.74, 6) is -0.190. The Bertz CT molecular complexity index is 650. The molecule has 0 spiro atoms. The van der Waals surface area contributed by atoms with Crippen LogP contribution in [0.1, 0.15) is 103 Å². The molecular weight excluding hydrogens is 430 g/mol. The summed E-state index contributed by atoms with van der Waals surface area (Å²) in [6.07, 6.45) is 21.5. The van der Waals surface area contributed by atoms with Crippen molar-refractivity contribution in [3.05, 3.63) is 18.7 Å². The molecule has 0 aromatic carbocycles. The predicted molar refractivity (Wildman–Crippen MR) is 134 cm³/mol. The molecule has 194 valence electrons. The van der Waals surface area contributed by atoms with Gasteiger partial charge >= 0.3 is 11.9 Å². The van der Waals surface area contributed by atoms with Crippen LogP contribution in [0.4, 0.5) is 0 Å². The average Bonchev–Trinajstić information content (AvgIpc) is 3.51. The second-order valence-corrected chi connectivity index (χ2v) is 9.61. The molecule has 7 nitrogen and oxygen atoms in total. The number of aromatic nitrogens is 2. The minimum absolute atomic E-state index is 0.00585. The zero-order chi connectivity index (χ0) is 24.3. The van der Waals surface area contributed by atoms with E-state index in [0.717, 1.165) is 58.2 Å². The second-order valence-electron chi connectivity index (χ2n) is 9.61. The van der Waals surface area contributed by atoms with Crippen molar-refractivity contribution in [2.24, 2.45) is 0 Å². The summed E-state index contributed by atoms with van der Waals surface area (Å²) in [7, 11) is 0. The molecule has 34 heavy (non-hydrogen) atoms. The van der Waals surface area contributed by atoms with Gasteiger partial charge in [0.05, 0.1) is 19.4 Å². The van der Waals surface area contributed by atoms with Crippen LogP contribution in [-0.4, -0.2) is 58.7 Å². The van der Waals surface area contributed by atoms with Crippen molar-refractivity contribution in [2.75, 3.05) is 26.2 Å². The largest absolute Gasteiger partial charge is 0.466 e. The number of esters is 2. The highest BCUT2D eigenvalue weighted by molar-refractivity contribution is 5.69. The third-order valence-electron chi connectivity index (χ3n) is 6.53. The molecule has 1 atom stereocenters. The maximum atomic E-state index is 12.0. The summed E-state index contributed by atoms with van der Waals surface area (Å²) in [6, 6.07) is 0. The number of hydrogen-bond acceptors (Lipinski definition) is 6. The lowest BCUT2D eigenvalue weighted by Gasteiger charge is -2.16. The number of unbranched alkanes of at least 4 members (excludes halogenated alkanes) is 10. The van der Waals surface area contributed by atoms with E-state index in [1.807, 2.05) is 10.8 Å². The number of carbonyl (C=O) groups is 2. The number of likely N-dealkylation sites (tertiary alicyclic amines) is 1. The molecule has 2 heterocycles. The fraction of sp³-hybridized carbons (Fsp3) is 0.815. The van der Waals surface area contributed by atoms with E-state index < -0.39 is 0 Å². The number of nitrogens with zero attached hydrogens (tertiary/aromatic N) is 3. The molecule has 2 rings (SSSR count). The van der Waals surface area contributed by atoms with Crippen LogP contribution in [0.25, 0.3) is 0 Å². The van der Waals surface area contributed by atoms with Crippen LogP contribution in [-0.2, 0) is 25.6 Å². The summed E-state index contributed by atoms with van der Waals surface area (Å²) in [4.78, 5) is 30.3. The van der Waals surface area contributed by atoms with Crippen molar-refractivity contribution < 1.29 is 19.1 Å². The third kappa shape index (κ3) is 13.7. The molecule has 1 aromatic rings. The number of ether oxygens (including phenoxy) is 2. The Hall–Kier alpha value is -1.89. The van der Waals surface area contributed by atoms with E-state index in [9.17, 15) is 9.59 Å². The van der Waals surface area contributed by atoms with E-state index in [0.29, 0.717) is 26.0 Å². The van der Waals surface area contributed by atoms with E-state index in [-0.39, 0.29) is 18.0 Å². The molecular formula is C27H47N3O4. The molecule has 1 saturated heterocycles. The van der Waals surface area contributed by atoms with Gasteiger partial charge < -0.3 is 14.0 Å². The molecule has 0 bridgehead atoms. The summed E-state index contributed by atoms with van der Waals surface area (Å²) >= 11 is 0. The normalized spacial score (nSPS) is 16.1. The smallest absolute Gasteiger partial charge is 0.307 e. The van der Waals surface area contributed by atoms with Gasteiger partial charge in [-0.05, 0) is 32.2 Å². The molecule has 0 amide bonds. The monoisotopic (exact) mass is 477 g/mol. The van der Waals surface area contributed by atoms with Crippen molar-refractivity contribution in [2.45, 2.75) is 116 Å². The first kappa shape index (κ1) is 28.3. The summed E-state index contributed by atoms with van der Waals surface area (Å²) in [5, 5.41) is 0. The molecule has 1 aromatic heterocycles. The molecule has 1 unspecified atom stereocenters. The molecule has 1 aliphatic heterocycles. The molecule has 0 N–H and O–H groups in total. The van der Waals surface area contributed by atoms with Crippen molar-refractivity contribution in [3.8, 4) is 0 Å². The Kier molecular flexibility index (Phi) is 15.4. The molecule has 0 aliphatic carbocycles. The van der Waals surface area contributed by atoms with E-state index in [4.69, 9.17) is 9.47 Å². The van der Waals surface area contributed by atoms with Gasteiger partial charge in [-0.25, -0.2) is 4.98 Å². The fourth-order valence-electron chi connectivity index (χ4n) is 4.43. The number of imidazole rings is 1. The van der Waals surface area contributed by atoms with Crippen LogP contribution in [0, 0.1) is 0 Å². The van der Waals surface area contributed by atoms with E-state index in [2.05, 4.69) is 16.8 Å². The average molecular weight is 478 g/mol. The first-order chi connectivity index (χ1) is 16.7. The maximum Gasteiger partial charge on any atom is 0.307 e. The first-order valence-electron chi connectivity index (χ1n) is 13.7. The van der Waals surface area contributed by atoms with Crippen LogP contribution in [0.5, 0.6) is 0 Å². The fourth-order valence-corrected chi connectivity index (χ4v) is 4.43. The van der Waals surface area contributed by atoms with Crippen molar-refractivity contribution in [1.29, 1.82) is 0 Å². The van der Waals surface area contributed by atoms with Gasteiger partial charge in [-0.1, -0.05) is 64.7 Å². The number of hydrogen-bond donors (Lipinski definition) is 0. The molecule has 1 fully saturated rings. The van der Waals surface area contributed by atoms with Gasteiger partial charge in [-0.3, -0.25) is 14.5 Å². The highest BCUT2D eigenvalue weighted by atomic mass is 16.5. The minimum atomic E-state index is -0.138. The zero-order valence-corrected chi connectivity index (χ0v) is 21.4. The van der Waals surface area contributed by atoms with Crippen LogP contribution < -0.4 is 0 Å². The lowest BCUT2D eigenvalue weighted by Crippen LogP contribution is -2.26. The van der Waals surface area contributed by atoms with Crippen LogP contribution in [0.15, 0.2) is 18.7 Å². The summed E-state index contributed by atoms with van der Waals surface area (Å²) in [5.41, 5.74) is 0. The van der Waals surface area contributed by atoms with E-state index in [1.54, 1.807) is 12.5 Å². The number of rotatable bonds is 20. The van der Waals surface area contributed by atoms with Crippen LogP contribution in [0.3, 0.4) is 0 Å². The zero-order valence-electron chi connectivity index (χ0n) is 21.4. The van der Waals surface area contributed by atoms with Crippen molar-refractivity contribution in [1.82, 2.24) is 14.5 Å². The van der Waals surface area contributed by atoms with Crippen molar-refractivity contribution >= 4 is 11.9 Å². The van der Waals surface area contributed by atoms with Crippen molar-refractivity contribution in [3.63, 3.8) is 0 Å². The highest BCUT2D eigenvalue weighted by Gasteiger charge is 2.25. The Morgan fingerprint density at radius 3 is 2.35 bits per heavy atom. The summed E-state index contributed by atoms with van der Waals surface area (Å²) in [6.45, 7) is 6.22. The SMILES string of the molecule is CCCCCCCCCCCOC(=O)CCCCCN1CCC(OC(=O)CCn2ccnc2)C1. The first-order valence-corrected chi connectivity index (χ1v) is 13.7. The predicted octanol–water partition coefficient (Wildman–Crippen LogP) is 5.53. The van der Waals surface area contributed by atoms with E-state index >= 15 is 0 Å². The Labute approximate surface area is 206 Å². The maximum absolute atomic E-state index is 12.0. The quantitative estimate of drug-likeness (QED) is 0.182. The van der Waals surface area contributed by atoms with Gasteiger partial charge in [0.2, 0.25) is 0 Å². The Morgan fingerprint density at radius 2 is 1.62 bits per heavy atom. The highest BCUT2D eigenvalue weighted by Crippen LogP contribution is 2.15. The lowest BCUT2D eigenvalue weighted by atomic mass is 10.1. The standard InChI is InChI=1S/C27H47N3O4/c1-2-3-4-5-6-7-8-9-13-22-33-26(31)14-11-10-12-18-29-19-15-25(23-29)34-27(32)16-20-30-21-17-28-24-30/h17,21,24-25H,2-16,18-20,22-23H2,1H3. The number of carbonyl (C=O) groups excluding carboxylic acids is 2. The molecule has 0 radical (unpaired) electrons. The van der Waals surface area contributed by atoms with Gasteiger partial charge in [0, 0.05) is 38.4 Å². The minimum Gasteiger partial charge on any atom is -0.466 e. The third-order valence-corrected chi connectivity index (χ3v) is 6.53. The van der Waals surface area contributed by atoms with E-state index in [1.165, 1.54) is 44.9 Å². The molecule has 1 aliphatic rings. The van der Waals surface area contributed by atoms with Crippen LogP contribution >= 0.6 is 0 Å². The van der Waals surface area contributed by atoms with Gasteiger partial charge in [-0.2, -0.15) is 0 Å². The topological polar surface area (TPSA) is 73.7 Å². The lowest BCUT2D eigenvalue weighted by molar-refractivity contribution is -0.148. The second kappa shape index (κ2) is 18.4. The number of aryl methyl sites for hydroxylation is 1. The van der Waals surface area contributed by atoms with Gasteiger partial charge in [0.15, 0.2) is 0 Å². The summed E-state index contributed by atoms with van der Waals surface area (Å²) < 4.78 is 12.9. The van der Waals surface area contributed by atoms with Crippen LogP contribution in [0.2, 0.25) is 0 Å². The van der Waals surface area contributed by atoms with Gasteiger partial charge in [0.1, 0.15) is 6.10 Å². The Balaban J connectivity index is 1.36. The van der Waals surface area contributed by atoms with Gasteiger partial charge in [-0.15, -0.1) is 0 Å². The molecule has 0 saturated carbocycles. The Morgan fingerprint density at radius 1 is 0.882 bits per heavy atom. The van der Waals surface area contributed by atoms with Gasteiger partial charge in [0.25, 0.3) is 0 Å².